The second kappa shape index (κ2) is 7.45. The first-order valence-corrected chi connectivity index (χ1v) is 11.1. The van der Waals surface area contributed by atoms with E-state index >= 15 is 0 Å². The first-order valence-electron chi connectivity index (χ1n) is 8.48. The van der Waals surface area contributed by atoms with Gasteiger partial charge in [-0.2, -0.15) is 16.1 Å². The van der Waals surface area contributed by atoms with Crippen molar-refractivity contribution < 1.29 is 13.2 Å². The van der Waals surface area contributed by atoms with E-state index in [9.17, 15) is 13.2 Å². The molecule has 0 unspecified atom stereocenters. The van der Waals surface area contributed by atoms with Crippen molar-refractivity contribution in [3.05, 3.63) is 29.3 Å². The molecular formula is C17H24N2O3S2. The number of sulfonamides is 1. The Balaban J connectivity index is 1.89. The highest BCUT2D eigenvalue weighted by Gasteiger charge is 2.28. The van der Waals surface area contributed by atoms with Crippen LogP contribution in [0.5, 0.6) is 0 Å². The molecule has 132 valence electrons. The molecule has 0 aliphatic carbocycles. The number of amides is 1. The Morgan fingerprint density at radius 3 is 2.38 bits per heavy atom. The Bertz CT molecular complexity index is 707. The van der Waals surface area contributed by atoms with Gasteiger partial charge >= 0.3 is 0 Å². The molecule has 2 saturated heterocycles. The number of benzene rings is 1. The molecule has 0 saturated carbocycles. The smallest absolute Gasteiger partial charge is 0.253 e. The number of carbonyl (C=O) groups excluding carboxylic acids is 1. The van der Waals surface area contributed by atoms with Gasteiger partial charge in [-0.25, -0.2) is 8.42 Å². The number of hydrogen-bond acceptors (Lipinski definition) is 4. The lowest BCUT2D eigenvalue weighted by atomic mass is 10.1. The van der Waals surface area contributed by atoms with Gasteiger partial charge in [-0.05, 0) is 37.5 Å². The molecule has 7 heteroatoms. The highest BCUT2D eigenvalue weighted by Crippen LogP contribution is 2.25. The number of piperidine rings is 1. The standard InChI is InChI=1S/C17H24N2O3S2/c1-14-5-6-15(17(20)18-9-11-23-12-10-18)13-16(14)24(21,22)19-7-3-2-4-8-19/h5-6,13H,2-4,7-12H2,1H3. The molecule has 0 radical (unpaired) electrons. The van der Waals surface area contributed by atoms with Crippen LogP contribution in [0.4, 0.5) is 0 Å². The molecule has 5 nitrogen and oxygen atoms in total. The van der Waals surface area contributed by atoms with Crippen molar-refractivity contribution in [1.82, 2.24) is 9.21 Å². The maximum absolute atomic E-state index is 13.0. The average molecular weight is 369 g/mol. The lowest BCUT2D eigenvalue weighted by Gasteiger charge is -2.28. The van der Waals surface area contributed by atoms with Gasteiger partial charge in [-0.1, -0.05) is 12.5 Å². The second-order valence-electron chi connectivity index (χ2n) is 6.35. The SMILES string of the molecule is Cc1ccc(C(=O)N2CCSCC2)cc1S(=O)(=O)N1CCCCC1. The molecule has 0 bridgehead atoms. The van der Waals surface area contributed by atoms with Crippen LogP contribution in [-0.2, 0) is 10.0 Å². The van der Waals surface area contributed by atoms with Crippen LogP contribution in [0.3, 0.4) is 0 Å². The summed E-state index contributed by atoms with van der Waals surface area (Å²) >= 11 is 1.84. The Kier molecular flexibility index (Phi) is 5.52. The third kappa shape index (κ3) is 3.63. The third-order valence-corrected chi connectivity index (χ3v) is 7.65. The fourth-order valence-electron chi connectivity index (χ4n) is 3.20. The van der Waals surface area contributed by atoms with Crippen molar-refractivity contribution in [2.24, 2.45) is 0 Å². The maximum Gasteiger partial charge on any atom is 0.253 e. The van der Waals surface area contributed by atoms with Crippen LogP contribution < -0.4 is 0 Å². The van der Waals surface area contributed by atoms with Gasteiger partial charge in [-0.3, -0.25) is 4.79 Å². The minimum absolute atomic E-state index is 0.0644. The summed E-state index contributed by atoms with van der Waals surface area (Å²) in [6.45, 7) is 4.40. The van der Waals surface area contributed by atoms with E-state index in [2.05, 4.69) is 0 Å². The summed E-state index contributed by atoms with van der Waals surface area (Å²) in [5.41, 5.74) is 1.18. The zero-order valence-electron chi connectivity index (χ0n) is 14.0. The minimum atomic E-state index is -3.52. The summed E-state index contributed by atoms with van der Waals surface area (Å²) in [5, 5.41) is 0. The Morgan fingerprint density at radius 1 is 1.04 bits per heavy atom. The van der Waals surface area contributed by atoms with Gasteiger partial charge in [0.25, 0.3) is 5.91 Å². The fraction of sp³-hybridized carbons (Fsp3) is 0.588. The molecule has 1 amide bonds. The van der Waals surface area contributed by atoms with Gasteiger partial charge in [0.15, 0.2) is 0 Å². The highest BCUT2D eigenvalue weighted by atomic mass is 32.2. The van der Waals surface area contributed by atoms with Crippen molar-refractivity contribution in [3.63, 3.8) is 0 Å². The Hall–Kier alpha value is -1.05. The van der Waals surface area contributed by atoms with Crippen molar-refractivity contribution in [1.29, 1.82) is 0 Å². The molecule has 24 heavy (non-hydrogen) atoms. The molecule has 0 spiro atoms. The summed E-state index contributed by atoms with van der Waals surface area (Å²) in [6, 6.07) is 5.07. The molecule has 0 atom stereocenters. The third-order valence-electron chi connectivity index (χ3n) is 4.67. The van der Waals surface area contributed by atoms with Gasteiger partial charge in [0.2, 0.25) is 10.0 Å². The fourth-order valence-corrected chi connectivity index (χ4v) is 5.88. The highest BCUT2D eigenvalue weighted by molar-refractivity contribution is 7.99. The predicted octanol–water partition coefficient (Wildman–Crippen LogP) is 2.36. The van der Waals surface area contributed by atoms with Crippen LogP contribution in [0.1, 0.15) is 35.2 Å². The van der Waals surface area contributed by atoms with Gasteiger partial charge in [0.05, 0.1) is 4.90 Å². The second-order valence-corrected chi connectivity index (χ2v) is 9.48. The molecule has 2 aliphatic rings. The number of rotatable bonds is 3. The van der Waals surface area contributed by atoms with E-state index in [1.807, 2.05) is 16.7 Å². The summed E-state index contributed by atoms with van der Waals surface area (Å²) in [6.07, 6.45) is 2.89. The molecule has 2 aliphatic heterocycles. The van der Waals surface area contributed by atoms with E-state index < -0.39 is 10.0 Å². The zero-order valence-corrected chi connectivity index (χ0v) is 15.7. The Morgan fingerprint density at radius 2 is 1.71 bits per heavy atom. The summed E-state index contributed by atoms with van der Waals surface area (Å²) in [5.74, 6) is 1.82. The van der Waals surface area contributed by atoms with E-state index in [1.165, 1.54) is 0 Å². The number of nitrogens with zero attached hydrogens (tertiary/aromatic N) is 2. The van der Waals surface area contributed by atoms with E-state index in [0.717, 1.165) is 43.9 Å². The topological polar surface area (TPSA) is 57.7 Å². The van der Waals surface area contributed by atoms with E-state index in [1.54, 1.807) is 29.4 Å². The number of thioether (sulfide) groups is 1. The first-order chi connectivity index (χ1) is 11.5. The summed E-state index contributed by atoms with van der Waals surface area (Å²) in [4.78, 5) is 14.8. The maximum atomic E-state index is 13.0. The van der Waals surface area contributed by atoms with E-state index in [4.69, 9.17) is 0 Å². The van der Waals surface area contributed by atoms with Crippen LogP contribution in [0, 0.1) is 6.92 Å². The lowest BCUT2D eigenvalue weighted by Crippen LogP contribution is -2.38. The molecule has 1 aromatic rings. The van der Waals surface area contributed by atoms with Gasteiger partial charge in [0.1, 0.15) is 0 Å². The molecule has 3 rings (SSSR count). The van der Waals surface area contributed by atoms with Gasteiger partial charge in [-0.15, -0.1) is 0 Å². The van der Waals surface area contributed by atoms with Crippen molar-refractivity contribution >= 4 is 27.7 Å². The van der Waals surface area contributed by atoms with Gasteiger partial charge in [0, 0.05) is 43.2 Å². The monoisotopic (exact) mass is 368 g/mol. The molecule has 0 aromatic heterocycles. The summed E-state index contributed by atoms with van der Waals surface area (Å²) < 4.78 is 27.5. The first kappa shape index (κ1) is 17.8. The van der Waals surface area contributed by atoms with Crippen LogP contribution in [-0.4, -0.2) is 61.2 Å². The largest absolute Gasteiger partial charge is 0.337 e. The van der Waals surface area contributed by atoms with Crippen LogP contribution in [0.25, 0.3) is 0 Å². The summed E-state index contributed by atoms with van der Waals surface area (Å²) in [7, 11) is -3.52. The minimum Gasteiger partial charge on any atom is -0.337 e. The number of hydrogen-bond donors (Lipinski definition) is 0. The van der Waals surface area contributed by atoms with Crippen molar-refractivity contribution in [3.8, 4) is 0 Å². The lowest BCUT2D eigenvalue weighted by molar-refractivity contribution is 0.0772. The van der Waals surface area contributed by atoms with Crippen LogP contribution >= 0.6 is 11.8 Å². The van der Waals surface area contributed by atoms with Crippen LogP contribution in [0.15, 0.2) is 23.1 Å². The predicted molar refractivity (Wildman–Crippen MR) is 97.0 cm³/mol. The van der Waals surface area contributed by atoms with Crippen molar-refractivity contribution in [2.45, 2.75) is 31.1 Å². The van der Waals surface area contributed by atoms with E-state index in [-0.39, 0.29) is 10.8 Å². The molecular weight excluding hydrogens is 344 g/mol. The number of carbonyl (C=O) groups is 1. The van der Waals surface area contributed by atoms with Gasteiger partial charge < -0.3 is 4.90 Å². The normalized spacial score (nSPS) is 20.1. The molecule has 2 fully saturated rings. The Labute approximate surface area is 148 Å². The average Bonchev–Trinajstić information content (AvgIpc) is 2.63. The number of aryl methyl sites for hydroxylation is 1. The van der Waals surface area contributed by atoms with Crippen molar-refractivity contribution in [2.75, 3.05) is 37.7 Å². The molecule has 0 N–H and O–H groups in total. The molecule has 2 heterocycles. The zero-order chi connectivity index (χ0) is 17.2. The quantitative estimate of drug-likeness (QED) is 0.822. The van der Waals surface area contributed by atoms with E-state index in [0.29, 0.717) is 24.2 Å². The van der Waals surface area contributed by atoms with Crippen LogP contribution in [0.2, 0.25) is 0 Å². The molecule has 1 aromatic carbocycles.